The molecule has 0 fully saturated rings. The maximum absolute atomic E-state index is 12.0. The zero-order valence-electron chi connectivity index (χ0n) is 13.1. The fraction of sp³-hybridized carbons (Fsp3) is 0.278. The summed E-state index contributed by atoms with van der Waals surface area (Å²) in [4.78, 5) is 12.0. The average Bonchev–Trinajstić information content (AvgIpc) is 2.53. The van der Waals surface area contributed by atoms with Crippen molar-refractivity contribution in [2.24, 2.45) is 0 Å². The third-order valence-electron chi connectivity index (χ3n) is 3.30. The molecule has 2 rings (SSSR count). The van der Waals surface area contributed by atoms with Crippen LogP contribution >= 0.6 is 0 Å². The van der Waals surface area contributed by atoms with Crippen LogP contribution in [0.4, 0.5) is 10.5 Å². The summed E-state index contributed by atoms with van der Waals surface area (Å²) in [5, 5.41) is 5.73. The lowest BCUT2D eigenvalue weighted by Crippen LogP contribution is -2.28. The van der Waals surface area contributed by atoms with Gasteiger partial charge in [0.1, 0.15) is 0 Å². The number of amides is 2. The summed E-state index contributed by atoms with van der Waals surface area (Å²) < 4.78 is 5.41. The second-order valence-corrected chi connectivity index (χ2v) is 5.09. The molecule has 0 saturated heterocycles. The fourth-order valence-corrected chi connectivity index (χ4v) is 2.03. The van der Waals surface area contributed by atoms with Gasteiger partial charge in [0.15, 0.2) is 0 Å². The van der Waals surface area contributed by atoms with Crippen LogP contribution in [-0.2, 0) is 17.9 Å². The van der Waals surface area contributed by atoms with Gasteiger partial charge in [-0.1, -0.05) is 48.0 Å². The molecule has 2 amide bonds. The van der Waals surface area contributed by atoms with Crippen molar-refractivity contribution in [2.45, 2.75) is 27.0 Å². The Balaban J connectivity index is 1.90. The minimum atomic E-state index is -0.218. The number of hydrogen-bond donors (Lipinski definition) is 2. The van der Waals surface area contributed by atoms with Gasteiger partial charge in [0.05, 0.1) is 6.61 Å². The van der Waals surface area contributed by atoms with E-state index in [9.17, 15) is 4.79 Å². The van der Waals surface area contributed by atoms with E-state index in [1.807, 2.05) is 62.4 Å². The molecule has 0 bridgehead atoms. The molecule has 0 spiro atoms. The topological polar surface area (TPSA) is 50.4 Å². The average molecular weight is 298 g/mol. The molecule has 0 atom stereocenters. The number of urea groups is 1. The number of carbonyl (C=O) groups excluding carboxylic acids is 1. The number of benzene rings is 2. The molecular weight excluding hydrogens is 276 g/mol. The van der Waals surface area contributed by atoms with Gasteiger partial charge in [-0.3, -0.25) is 0 Å². The molecule has 0 saturated carbocycles. The first-order chi connectivity index (χ1) is 10.7. The minimum absolute atomic E-state index is 0.218. The summed E-state index contributed by atoms with van der Waals surface area (Å²) in [6.07, 6.45) is 0. The van der Waals surface area contributed by atoms with Crippen LogP contribution in [0.5, 0.6) is 0 Å². The second-order valence-electron chi connectivity index (χ2n) is 5.09. The third-order valence-corrected chi connectivity index (χ3v) is 3.30. The predicted octanol–water partition coefficient (Wildman–Crippen LogP) is 3.85. The van der Waals surface area contributed by atoms with Gasteiger partial charge in [0.2, 0.25) is 0 Å². The Bertz CT molecular complexity index is 609. The number of carbonyl (C=O) groups is 1. The van der Waals surface area contributed by atoms with Gasteiger partial charge in [0, 0.05) is 24.4 Å². The molecule has 0 unspecified atom stereocenters. The van der Waals surface area contributed by atoms with Gasteiger partial charge in [-0.2, -0.15) is 0 Å². The lowest BCUT2D eigenvalue weighted by molar-refractivity contribution is 0.134. The quantitative estimate of drug-likeness (QED) is 0.851. The summed E-state index contributed by atoms with van der Waals surface area (Å²) in [6.45, 7) is 5.63. The molecule has 4 heteroatoms. The van der Waals surface area contributed by atoms with Crippen LogP contribution < -0.4 is 10.6 Å². The van der Waals surface area contributed by atoms with Crippen LogP contribution in [0.25, 0.3) is 0 Å². The fourth-order valence-electron chi connectivity index (χ4n) is 2.03. The van der Waals surface area contributed by atoms with Gasteiger partial charge in [-0.15, -0.1) is 0 Å². The van der Waals surface area contributed by atoms with Crippen LogP contribution in [-0.4, -0.2) is 12.6 Å². The van der Waals surface area contributed by atoms with Gasteiger partial charge < -0.3 is 15.4 Å². The van der Waals surface area contributed by atoms with Crippen molar-refractivity contribution < 1.29 is 9.53 Å². The number of anilines is 1. The Morgan fingerprint density at radius 2 is 1.82 bits per heavy atom. The van der Waals surface area contributed by atoms with E-state index in [-0.39, 0.29) is 6.03 Å². The van der Waals surface area contributed by atoms with Crippen molar-refractivity contribution in [3.8, 4) is 0 Å². The van der Waals surface area contributed by atoms with E-state index < -0.39 is 0 Å². The summed E-state index contributed by atoms with van der Waals surface area (Å²) in [5.41, 5.74) is 4.02. The van der Waals surface area contributed by atoms with Crippen LogP contribution in [0.3, 0.4) is 0 Å². The van der Waals surface area contributed by atoms with E-state index in [1.165, 1.54) is 5.56 Å². The van der Waals surface area contributed by atoms with Gasteiger partial charge in [-0.25, -0.2) is 4.79 Å². The van der Waals surface area contributed by atoms with Crippen LogP contribution in [0.15, 0.2) is 48.5 Å². The lowest BCUT2D eigenvalue weighted by Gasteiger charge is -2.12. The molecule has 116 valence electrons. The zero-order valence-corrected chi connectivity index (χ0v) is 13.1. The van der Waals surface area contributed by atoms with Crippen molar-refractivity contribution in [2.75, 3.05) is 11.9 Å². The Kier molecular flexibility index (Phi) is 5.98. The summed E-state index contributed by atoms with van der Waals surface area (Å²) >= 11 is 0. The molecule has 4 nitrogen and oxygen atoms in total. The summed E-state index contributed by atoms with van der Waals surface area (Å²) in [5.74, 6) is 0. The van der Waals surface area contributed by atoms with Crippen molar-refractivity contribution in [1.82, 2.24) is 5.32 Å². The highest BCUT2D eigenvalue weighted by atomic mass is 16.5. The Morgan fingerprint density at radius 3 is 2.55 bits per heavy atom. The molecule has 0 radical (unpaired) electrons. The van der Waals surface area contributed by atoms with E-state index in [4.69, 9.17) is 4.74 Å². The maximum atomic E-state index is 12.0. The number of rotatable bonds is 6. The van der Waals surface area contributed by atoms with Crippen molar-refractivity contribution >= 4 is 11.7 Å². The lowest BCUT2D eigenvalue weighted by atomic mass is 10.1. The normalized spacial score (nSPS) is 10.3. The maximum Gasteiger partial charge on any atom is 0.319 e. The summed E-state index contributed by atoms with van der Waals surface area (Å²) in [7, 11) is 0. The van der Waals surface area contributed by atoms with E-state index >= 15 is 0 Å². The number of ether oxygens (including phenoxy) is 1. The zero-order chi connectivity index (χ0) is 15.8. The molecule has 0 aliphatic rings. The molecule has 22 heavy (non-hydrogen) atoms. The molecule has 0 aliphatic carbocycles. The Hall–Kier alpha value is -2.33. The van der Waals surface area contributed by atoms with Crippen molar-refractivity contribution in [3.63, 3.8) is 0 Å². The molecule has 2 aromatic rings. The van der Waals surface area contributed by atoms with Crippen LogP contribution in [0.2, 0.25) is 0 Å². The number of hydrogen-bond acceptors (Lipinski definition) is 2. The second kappa shape index (κ2) is 8.20. The first-order valence-corrected chi connectivity index (χ1v) is 7.45. The molecule has 0 aliphatic heterocycles. The summed E-state index contributed by atoms with van der Waals surface area (Å²) in [6, 6.07) is 15.5. The smallest absolute Gasteiger partial charge is 0.319 e. The van der Waals surface area contributed by atoms with Crippen molar-refractivity contribution in [3.05, 3.63) is 65.2 Å². The third kappa shape index (κ3) is 4.90. The highest BCUT2D eigenvalue weighted by Crippen LogP contribution is 2.16. The van der Waals surface area contributed by atoms with E-state index in [1.54, 1.807) is 0 Å². The first-order valence-electron chi connectivity index (χ1n) is 7.45. The monoisotopic (exact) mass is 298 g/mol. The highest BCUT2D eigenvalue weighted by Gasteiger charge is 2.06. The molecule has 0 aromatic heterocycles. The van der Waals surface area contributed by atoms with Gasteiger partial charge in [0.25, 0.3) is 0 Å². The first kappa shape index (κ1) is 16.0. The van der Waals surface area contributed by atoms with Crippen LogP contribution in [0.1, 0.15) is 23.6 Å². The standard InChI is InChI=1S/C18H22N2O2/c1-3-22-13-16-6-4-5-7-17(16)20-18(21)19-12-15-10-8-14(2)9-11-15/h4-11H,3,12-13H2,1-2H3,(H2,19,20,21). The highest BCUT2D eigenvalue weighted by molar-refractivity contribution is 5.90. The molecule has 0 heterocycles. The van der Waals surface area contributed by atoms with Crippen molar-refractivity contribution in [1.29, 1.82) is 0 Å². The Labute approximate surface area is 131 Å². The number of nitrogens with one attached hydrogen (secondary N) is 2. The van der Waals surface area contributed by atoms with E-state index in [2.05, 4.69) is 10.6 Å². The molecule has 2 N–H and O–H groups in total. The Morgan fingerprint density at radius 1 is 1.09 bits per heavy atom. The molecule has 2 aromatic carbocycles. The van der Waals surface area contributed by atoms with Gasteiger partial charge >= 0.3 is 6.03 Å². The largest absolute Gasteiger partial charge is 0.377 e. The minimum Gasteiger partial charge on any atom is -0.377 e. The van der Waals surface area contributed by atoms with Gasteiger partial charge in [-0.05, 0) is 25.5 Å². The SMILES string of the molecule is CCOCc1ccccc1NC(=O)NCc1ccc(C)cc1. The predicted molar refractivity (Wildman–Crippen MR) is 88.8 cm³/mol. The molecular formula is C18H22N2O2. The van der Waals surface area contributed by atoms with E-state index in [0.717, 1.165) is 16.8 Å². The number of para-hydroxylation sites is 1. The van der Waals surface area contributed by atoms with Crippen LogP contribution in [0, 0.1) is 6.92 Å². The van der Waals surface area contributed by atoms with E-state index in [0.29, 0.717) is 19.8 Å². The number of aryl methyl sites for hydroxylation is 1.